The Morgan fingerprint density at radius 2 is 1.00 bits per heavy atom. The molecule has 0 heterocycles. The van der Waals surface area contributed by atoms with Gasteiger partial charge in [-0.05, 0) is 87.8 Å². The second kappa shape index (κ2) is 12.1. The van der Waals surface area contributed by atoms with Crippen LogP contribution in [0.5, 0.6) is 23.0 Å². The molecule has 6 nitrogen and oxygen atoms in total. The van der Waals surface area contributed by atoms with E-state index in [1.54, 1.807) is 50.6 Å². The highest BCUT2D eigenvalue weighted by Crippen LogP contribution is 2.33. The van der Waals surface area contributed by atoms with Gasteiger partial charge in [-0.25, -0.2) is 0 Å². The molecule has 0 aromatic heterocycles. The third-order valence-corrected chi connectivity index (χ3v) is 5.84. The molecule has 2 aliphatic carbocycles. The van der Waals surface area contributed by atoms with Gasteiger partial charge in [-0.2, -0.15) is 0 Å². The Morgan fingerprint density at radius 1 is 0.625 bits per heavy atom. The number of rotatable bonds is 8. The highest BCUT2D eigenvalue weighted by atomic mass is 16.5. The van der Waals surface area contributed by atoms with Crippen LogP contribution in [0.25, 0.3) is 0 Å². The molecule has 0 atom stereocenters. The van der Waals surface area contributed by atoms with Crippen molar-refractivity contribution in [3.63, 3.8) is 0 Å². The molecule has 4 rings (SSSR count). The summed E-state index contributed by atoms with van der Waals surface area (Å²) in [6, 6.07) is 10.5. The van der Waals surface area contributed by atoms with Crippen LogP contribution in [0.15, 0.2) is 36.4 Å². The van der Waals surface area contributed by atoms with Crippen molar-refractivity contribution in [3.8, 4) is 23.0 Å². The molecule has 0 unspecified atom stereocenters. The molecule has 0 N–H and O–H groups in total. The van der Waals surface area contributed by atoms with E-state index in [0.29, 0.717) is 34.1 Å². The largest absolute Gasteiger partial charge is 0.493 e. The lowest BCUT2D eigenvalue weighted by Crippen LogP contribution is -2.11. The van der Waals surface area contributed by atoms with E-state index in [9.17, 15) is 9.59 Å². The minimum absolute atomic E-state index is 0.274. The standard InChI is InChI=1S/2C13H16O3/c2*1-15-12-7-6-10(9-14)8-13(12)16-11-4-2-3-5-11/h2*6-9,11H,2-5H2,1H3. The van der Waals surface area contributed by atoms with Gasteiger partial charge in [0.1, 0.15) is 12.6 Å². The second-order valence-corrected chi connectivity index (χ2v) is 8.10. The Kier molecular flexibility index (Phi) is 8.96. The number of hydrogen-bond donors (Lipinski definition) is 0. The molecule has 2 aromatic carbocycles. The zero-order chi connectivity index (χ0) is 22.8. The molecule has 0 saturated heterocycles. The number of carbonyl (C=O) groups excluding carboxylic acids is 2. The topological polar surface area (TPSA) is 71.1 Å². The molecule has 0 radical (unpaired) electrons. The summed E-state index contributed by atoms with van der Waals surface area (Å²) >= 11 is 0. The van der Waals surface area contributed by atoms with Crippen molar-refractivity contribution in [2.24, 2.45) is 0 Å². The van der Waals surface area contributed by atoms with Crippen molar-refractivity contribution in [3.05, 3.63) is 47.5 Å². The minimum atomic E-state index is 0.274. The molecule has 0 aliphatic heterocycles. The SMILES string of the molecule is COc1ccc(C=O)cc1OC1CCCC1.COc1ccc(C=O)cc1OC1CCCC1. The fourth-order valence-corrected chi connectivity index (χ4v) is 4.09. The number of methoxy groups -OCH3 is 2. The third-order valence-electron chi connectivity index (χ3n) is 5.84. The van der Waals surface area contributed by atoms with E-state index in [2.05, 4.69) is 0 Å². The van der Waals surface area contributed by atoms with Crippen LogP contribution in [-0.2, 0) is 0 Å². The van der Waals surface area contributed by atoms with Crippen LogP contribution in [0.3, 0.4) is 0 Å². The van der Waals surface area contributed by atoms with Gasteiger partial charge in [0.25, 0.3) is 0 Å². The van der Waals surface area contributed by atoms with E-state index in [4.69, 9.17) is 18.9 Å². The summed E-state index contributed by atoms with van der Waals surface area (Å²) in [7, 11) is 3.22. The highest BCUT2D eigenvalue weighted by Gasteiger charge is 2.19. The van der Waals surface area contributed by atoms with E-state index >= 15 is 0 Å². The number of ether oxygens (including phenoxy) is 4. The Balaban J connectivity index is 0.000000181. The molecule has 0 bridgehead atoms. The van der Waals surface area contributed by atoms with Crippen LogP contribution in [-0.4, -0.2) is 39.0 Å². The lowest BCUT2D eigenvalue weighted by molar-refractivity contribution is 0.111. The van der Waals surface area contributed by atoms with Crippen molar-refractivity contribution < 1.29 is 28.5 Å². The van der Waals surface area contributed by atoms with Crippen molar-refractivity contribution in [1.29, 1.82) is 0 Å². The zero-order valence-electron chi connectivity index (χ0n) is 18.9. The second-order valence-electron chi connectivity index (χ2n) is 8.10. The molecule has 0 amide bonds. The van der Waals surface area contributed by atoms with Crippen LogP contribution in [0.2, 0.25) is 0 Å². The van der Waals surface area contributed by atoms with Gasteiger partial charge in [0, 0.05) is 11.1 Å². The van der Waals surface area contributed by atoms with E-state index in [-0.39, 0.29) is 12.2 Å². The van der Waals surface area contributed by atoms with Gasteiger partial charge >= 0.3 is 0 Å². The summed E-state index contributed by atoms with van der Waals surface area (Å²) in [4.78, 5) is 21.4. The van der Waals surface area contributed by atoms with E-state index in [0.717, 1.165) is 38.3 Å². The number of hydrogen-bond acceptors (Lipinski definition) is 6. The highest BCUT2D eigenvalue weighted by molar-refractivity contribution is 5.77. The maximum Gasteiger partial charge on any atom is 0.162 e. The van der Waals surface area contributed by atoms with Crippen LogP contribution < -0.4 is 18.9 Å². The Labute approximate surface area is 189 Å². The van der Waals surface area contributed by atoms with Crippen molar-refractivity contribution >= 4 is 12.6 Å². The van der Waals surface area contributed by atoms with E-state index in [1.165, 1.54) is 25.7 Å². The minimum Gasteiger partial charge on any atom is -0.493 e. The van der Waals surface area contributed by atoms with Crippen molar-refractivity contribution in [2.75, 3.05) is 14.2 Å². The smallest absolute Gasteiger partial charge is 0.162 e. The first kappa shape index (κ1) is 23.6. The molecular weight excluding hydrogens is 408 g/mol. The Morgan fingerprint density at radius 3 is 1.31 bits per heavy atom. The predicted octanol–water partition coefficient (Wildman–Crippen LogP) is 5.66. The maximum absolute atomic E-state index is 10.7. The Bertz CT molecular complexity index is 808. The van der Waals surface area contributed by atoms with E-state index < -0.39 is 0 Å². The molecule has 172 valence electrons. The fourth-order valence-electron chi connectivity index (χ4n) is 4.09. The molecule has 2 aliphatic rings. The monoisotopic (exact) mass is 440 g/mol. The van der Waals surface area contributed by atoms with Crippen LogP contribution in [0.4, 0.5) is 0 Å². The molecule has 2 fully saturated rings. The Hall–Kier alpha value is -3.02. The molecular formula is C26H32O6. The number of benzene rings is 2. The average molecular weight is 441 g/mol. The van der Waals surface area contributed by atoms with Gasteiger partial charge in [0.2, 0.25) is 0 Å². The van der Waals surface area contributed by atoms with E-state index in [1.807, 2.05) is 0 Å². The fraction of sp³-hybridized carbons (Fsp3) is 0.462. The molecule has 2 aromatic rings. The van der Waals surface area contributed by atoms with Gasteiger partial charge in [-0.3, -0.25) is 9.59 Å². The third kappa shape index (κ3) is 6.49. The molecule has 2 saturated carbocycles. The summed E-state index contributed by atoms with van der Waals surface area (Å²) in [5, 5.41) is 0. The predicted molar refractivity (Wildman–Crippen MR) is 123 cm³/mol. The van der Waals surface area contributed by atoms with Gasteiger partial charge in [0.05, 0.1) is 26.4 Å². The van der Waals surface area contributed by atoms with Gasteiger partial charge in [0.15, 0.2) is 23.0 Å². The van der Waals surface area contributed by atoms with Gasteiger partial charge in [-0.15, -0.1) is 0 Å². The van der Waals surface area contributed by atoms with Gasteiger partial charge < -0.3 is 18.9 Å². The number of aldehydes is 2. The first-order valence-electron chi connectivity index (χ1n) is 11.3. The molecule has 32 heavy (non-hydrogen) atoms. The first-order chi connectivity index (χ1) is 15.7. The summed E-state index contributed by atoms with van der Waals surface area (Å²) in [6.45, 7) is 0. The average Bonchev–Trinajstić information content (AvgIpc) is 3.54. The molecule has 6 heteroatoms. The summed E-state index contributed by atoms with van der Waals surface area (Å²) in [5.41, 5.74) is 1.24. The number of carbonyl (C=O) groups is 2. The summed E-state index contributed by atoms with van der Waals surface area (Å²) < 4.78 is 22.1. The molecule has 0 spiro atoms. The van der Waals surface area contributed by atoms with Crippen LogP contribution in [0, 0.1) is 0 Å². The lowest BCUT2D eigenvalue weighted by atomic mass is 10.2. The zero-order valence-corrected chi connectivity index (χ0v) is 18.9. The first-order valence-corrected chi connectivity index (χ1v) is 11.3. The summed E-state index contributed by atoms with van der Waals surface area (Å²) in [6.07, 6.45) is 11.4. The van der Waals surface area contributed by atoms with Crippen molar-refractivity contribution in [2.45, 2.75) is 63.6 Å². The van der Waals surface area contributed by atoms with Crippen LogP contribution in [0.1, 0.15) is 72.1 Å². The maximum atomic E-state index is 10.7. The lowest BCUT2D eigenvalue weighted by Gasteiger charge is -2.15. The summed E-state index contributed by atoms with van der Waals surface area (Å²) in [5.74, 6) is 2.74. The van der Waals surface area contributed by atoms with Crippen LogP contribution >= 0.6 is 0 Å². The van der Waals surface area contributed by atoms with Gasteiger partial charge in [-0.1, -0.05) is 0 Å². The normalized spacial score (nSPS) is 16.1. The van der Waals surface area contributed by atoms with Crippen molar-refractivity contribution in [1.82, 2.24) is 0 Å². The quantitative estimate of drug-likeness (QED) is 0.494.